The van der Waals surface area contributed by atoms with Crippen LogP contribution >= 0.6 is 23.5 Å². The molecule has 0 aliphatic carbocycles. The first-order valence-electron chi connectivity index (χ1n) is 6.05. The number of methoxy groups -OCH3 is 1. The Morgan fingerprint density at radius 2 is 2.37 bits per heavy atom. The van der Waals surface area contributed by atoms with Crippen LogP contribution < -0.4 is 10.1 Å². The Labute approximate surface area is 121 Å². The number of carbonyl (C=O) groups is 1. The molecule has 1 aromatic rings. The van der Waals surface area contributed by atoms with Crippen molar-refractivity contribution in [1.29, 1.82) is 0 Å². The van der Waals surface area contributed by atoms with E-state index < -0.39 is 0 Å². The Kier molecular flexibility index (Phi) is 5.27. The minimum absolute atomic E-state index is 0.0160. The number of phenols is 1. The van der Waals surface area contributed by atoms with Crippen LogP contribution in [0.5, 0.6) is 11.5 Å². The average Bonchev–Trinajstić information content (AvgIpc) is 2.45. The van der Waals surface area contributed by atoms with Gasteiger partial charge in [-0.1, -0.05) is 0 Å². The first-order valence-corrected chi connectivity index (χ1v) is 8.25. The quantitative estimate of drug-likeness (QED) is 0.890. The van der Waals surface area contributed by atoms with Gasteiger partial charge < -0.3 is 15.2 Å². The minimum atomic E-state index is -0.158. The third kappa shape index (κ3) is 3.98. The smallest absolute Gasteiger partial charge is 0.251 e. The maximum atomic E-state index is 12.0. The number of nitrogens with one attached hydrogen (secondary N) is 1. The third-order valence-electron chi connectivity index (χ3n) is 2.82. The molecule has 104 valence electrons. The van der Waals surface area contributed by atoms with Gasteiger partial charge in [0.1, 0.15) is 0 Å². The van der Waals surface area contributed by atoms with E-state index in [2.05, 4.69) is 5.32 Å². The summed E-state index contributed by atoms with van der Waals surface area (Å²) in [6, 6.07) is 4.67. The van der Waals surface area contributed by atoms with Gasteiger partial charge in [0.15, 0.2) is 11.5 Å². The topological polar surface area (TPSA) is 58.6 Å². The molecule has 1 unspecified atom stereocenters. The van der Waals surface area contributed by atoms with E-state index in [-0.39, 0.29) is 11.7 Å². The van der Waals surface area contributed by atoms with Gasteiger partial charge in [0.2, 0.25) is 0 Å². The zero-order valence-corrected chi connectivity index (χ0v) is 12.4. The Balaban J connectivity index is 1.90. The Bertz CT molecular complexity index is 448. The molecule has 6 heteroatoms. The highest BCUT2D eigenvalue weighted by Crippen LogP contribution is 2.26. The highest BCUT2D eigenvalue weighted by molar-refractivity contribution is 8.06. The summed E-state index contributed by atoms with van der Waals surface area (Å²) in [6.45, 7) is 0.670. The first kappa shape index (κ1) is 14.4. The maximum Gasteiger partial charge on any atom is 0.251 e. The first-order chi connectivity index (χ1) is 9.20. The molecule has 19 heavy (non-hydrogen) atoms. The molecule has 0 spiro atoms. The summed E-state index contributed by atoms with van der Waals surface area (Å²) in [4.78, 5) is 12.0. The number of ether oxygens (including phenoxy) is 1. The number of aromatic hydroxyl groups is 1. The van der Waals surface area contributed by atoms with Gasteiger partial charge >= 0.3 is 0 Å². The van der Waals surface area contributed by atoms with E-state index in [1.54, 1.807) is 12.1 Å². The molecule has 1 amide bonds. The van der Waals surface area contributed by atoms with Gasteiger partial charge in [0, 0.05) is 34.6 Å². The summed E-state index contributed by atoms with van der Waals surface area (Å²) in [5.74, 6) is 3.62. The molecule has 2 rings (SSSR count). The zero-order chi connectivity index (χ0) is 13.7. The number of benzene rings is 1. The number of phenolic OH excluding ortho intramolecular Hbond substituents is 1. The van der Waals surface area contributed by atoms with Gasteiger partial charge in [-0.15, -0.1) is 0 Å². The van der Waals surface area contributed by atoms with Crippen molar-refractivity contribution in [3.8, 4) is 11.5 Å². The van der Waals surface area contributed by atoms with Crippen LogP contribution in [0.15, 0.2) is 18.2 Å². The second-order valence-electron chi connectivity index (χ2n) is 4.16. The third-order valence-corrected chi connectivity index (χ3v) is 5.66. The van der Waals surface area contributed by atoms with Crippen LogP contribution in [0.2, 0.25) is 0 Å². The summed E-state index contributed by atoms with van der Waals surface area (Å²) >= 11 is 3.83. The van der Waals surface area contributed by atoms with Crippen LogP contribution in [-0.4, -0.2) is 47.2 Å². The molecule has 1 aliphatic heterocycles. The fourth-order valence-electron chi connectivity index (χ4n) is 1.79. The molecule has 0 aromatic heterocycles. The SMILES string of the molecule is COc1ccc(C(=O)NCC2CSCCS2)cc1O. The molecular formula is C13H17NO3S2. The standard InChI is InChI=1S/C13H17NO3S2/c1-17-12-3-2-9(6-11(12)15)13(16)14-7-10-8-18-4-5-19-10/h2-3,6,10,15H,4-5,7-8H2,1H3,(H,14,16). The second-order valence-corrected chi connectivity index (χ2v) is 6.72. The molecule has 1 aliphatic rings. The Morgan fingerprint density at radius 3 is 3.00 bits per heavy atom. The average molecular weight is 299 g/mol. The Morgan fingerprint density at radius 1 is 1.53 bits per heavy atom. The highest BCUT2D eigenvalue weighted by atomic mass is 32.2. The van der Waals surface area contributed by atoms with Crippen LogP contribution in [-0.2, 0) is 0 Å². The fraction of sp³-hybridized carbons (Fsp3) is 0.462. The van der Waals surface area contributed by atoms with Crippen molar-refractivity contribution in [3.05, 3.63) is 23.8 Å². The molecule has 0 saturated carbocycles. The largest absolute Gasteiger partial charge is 0.504 e. The molecule has 0 bridgehead atoms. The lowest BCUT2D eigenvalue weighted by atomic mass is 10.2. The van der Waals surface area contributed by atoms with Crippen molar-refractivity contribution in [3.63, 3.8) is 0 Å². The van der Waals surface area contributed by atoms with Crippen molar-refractivity contribution < 1.29 is 14.6 Å². The monoisotopic (exact) mass is 299 g/mol. The van der Waals surface area contributed by atoms with Gasteiger partial charge in [-0.25, -0.2) is 0 Å². The van der Waals surface area contributed by atoms with Crippen LogP contribution in [0.3, 0.4) is 0 Å². The Hall–Kier alpha value is -1.01. The summed E-state index contributed by atoms with van der Waals surface area (Å²) in [7, 11) is 1.48. The fourth-order valence-corrected chi connectivity index (χ4v) is 4.41. The van der Waals surface area contributed by atoms with E-state index >= 15 is 0 Å². The predicted molar refractivity (Wildman–Crippen MR) is 80.6 cm³/mol. The van der Waals surface area contributed by atoms with Crippen LogP contribution in [0.1, 0.15) is 10.4 Å². The molecule has 1 saturated heterocycles. The summed E-state index contributed by atoms with van der Waals surface area (Å²) in [5.41, 5.74) is 0.451. The van der Waals surface area contributed by atoms with Crippen molar-refractivity contribution >= 4 is 29.4 Å². The number of rotatable bonds is 4. The minimum Gasteiger partial charge on any atom is -0.504 e. The van der Waals surface area contributed by atoms with Gasteiger partial charge in [0.25, 0.3) is 5.91 Å². The number of hydrogen-bond acceptors (Lipinski definition) is 5. The van der Waals surface area contributed by atoms with Crippen LogP contribution in [0.4, 0.5) is 0 Å². The van der Waals surface area contributed by atoms with Gasteiger partial charge in [-0.2, -0.15) is 23.5 Å². The van der Waals surface area contributed by atoms with Crippen molar-refractivity contribution in [2.45, 2.75) is 5.25 Å². The van der Waals surface area contributed by atoms with Gasteiger partial charge in [-0.3, -0.25) is 4.79 Å². The van der Waals surface area contributed by atoms with E-state index in [0.29, 0.717) is 23.1 Å². The van der Waals surface area contributed by atoms with Gasteiger partial charge in [0.05, 0.1) is 7.11 Å². The van der Waals surface area contributed by atoms with E-state index in [9.17, 15) is 9.90 Å². The second kappa shape index (κ2) is 6.96. The van der Waals surface area contributed by atoms with Crippen molar-refractivity contribution in [2.24, 2.45) is 0 Å². The lowest BCUT2D eigenvalue weighted by molar-refractivity contribution is 0.0954. The number of amides is 1. The molecule has 1 fully saturated rings. The molecule has 4 nitrogen and oxygen atoms in total. The number of carbonyl (C=O) groups excluding carboxylic acids is 1. The lowest BCUT2D eigenvalue weighted by Gasteiger charge is -2.21. The van der Waals surface area contributed by atoms with E-state index in [1.807, 2.05) is 23.5 Å². The summed E-state index contributed by atoms with van der Waals surface area (Å²) < 4.78 is 4.95. The molecule has 1 aromatic carbocycles. The summed E-state index contributed by atoms with van der Waals surface area (Å²) in [5, 5.41) is 13.0. The molecule has 1 atom stereocenters. The number of thioether (sulfide) groups is 2. The van der Waals surface area contributed by atoms with Gasteiger partial charge in [-0.05, 0) is 18.2 Å². The van der Waals surface area contributed by atoms with Crippen molar-refractivity contribution in [2.75, 3.05) is 30.9 Å². The zero-order valence-electron chi connectivity index (χ0n) is 10.7. The molecule has 0 radical (unpaired) electrons. The van der Waals surface area contributed by atoms with E-state index in [0.717, 1.165) is 11.5 Å². The summed E-state index contributed by atoms with van der Waals surface area (Å²) in [6.07, 6.45) is 0. The maximum absolute atomic E-state index is 12.0. The van der Waals surface area contributed by atoms with E-state index in [1.165, 1.54) is 18.9 Å². The lowest BCUT2D eigenvalue weighted by Crippen LogP contribution is -2.33. The van der Waals surface area contributed by atoms with Crippen molar-refractivity contribution in [1.82, 2.24) is 5.32 Å². The molecule has 2 N–H and O–H groups in total. The number of hydrogen-bond donors (Lipinski definition) is 2. The normalized spacial score (nSPS) is 18.9. The highest BCUT2D eigenvalue weighted by Gasteiger charge is 2.16. The van der Waals surface area contributed by atoms with E-state index in [4.69, 9.17) is 4.74 Å². The molecular weight excluding hydrogens is 282 g/mol. The van der Waals surface area contributed by atoms with Crippen LogP contribution in [0.25, 0.3) is 0 Å². The van der Waals surface area contributed by atoms with Crippen LogP contribution in [0, 0.1) is 0 Å². The predicted octanol–water partition coefficient (Wildman–Crippen LogP) is 1.98. The molecule has 1 heterocycles.